The van der Waals surface area contributed by atoms with E-state index in [-0.39, 0.29) is 20.4 Å². The summed E-state index contributed by atoms with van der Waals surface area (Å²) in [6.07, 6.45) is 0. The summed E-state index contributed by atoms with van der Waals surface area (Å²) >= 11 is -22.5. The monoisotopic (exact) mass is 1200 g/mol. The molecule has 0 aromatic heterocycles. The Hall–Kier alpha value is -3.40. The van der Waals surface area contributed by atoms with Crippen molar-refractivity contribution in [2.24, 2.45) is 0 Å². The predicted molar refractivity (Wildman–Crippen MR) is 229 cm³/mol. The SMILES string of the molecule is [F][Sb-]([F])([F])([F])([F])[F].[F][Sb-]([F])([F])([F])([F])[F].[Pd+2].c1ccc(P(c2ccccc2)c2ccc3ccccc3c2-c2c(P(c3ccccc3)c3ccccc3)ccc3ccccc23)cc1. The molecule has 0 aliphatic rings. The Kier molecular flexibility index (Phi) is 13.8. The summed E-state index contributed by atoms with van der Waals surface area (Å²) in [6.45, 7) is 0. The fraction of sp³-hybridized carbons (Fsp3) is 0. The summed E-state index contributed by atoms with van der Waals surface area (Å²) in [6, 6.07) is 71.8. The van der Waals surface area contributed by atoms with Gasteiger partial charge in [0.1, 0.15) is 0 Å². The van der Waals surface area contributed by atoms with Crippen LogP contribution in [0.25, 0.3) is 32.7 Å². The van der Waals surface area contributed by atoms with E-state index in [0.717, 1.165) is 0 Å². The van der Waals surface area contributed by atoms with Gasteiger partial charge in [-0.1, -0.05) is 194 Å². The van der Waals surface area contributed by atoms with Crippen molar-refractivity contribution in [2.45, 2.75) is 0 Å². The molecule has 17 heteroatoms. The summed E-state index contributed by atoms with van der Waals surface area (Å²) in [5.74, 6) is 0. The zero-order valence-electron chi connectivity index (χ0n) is 31.1. The number of halogens is 12. The number of benzene rings is 8. The molecule has 0 fully saturated rings. The van der Waals surface area contributed by atoms with Gasteiger partial charge < -0.3 is 0 Å². The molecule has 8 aromatic carbocycles. The Morgan fingerprint density at radius 3 is 0.721 bits per heavy atom. The fourth-order valence-electron chi connectivity index (χ4n) is 6.58. The number of rotatable bonds is 7. The molecular formula is C44H32F12P2PdSb2. The second-order valence-corrected chi connectivity index (χ2v) is 28.6. The van der Waals surface area contributed by atoms with Crippen LogP contribution in [0, 0.1) is 0 Å². The molecule has 0 N–H and O–H groups in total. The van der Waals surface area contributed by atoms with Gasteiger partial charge in [0, 0.05) is 0 Å². The maximum Gasteiger partial charge on any atom is 2.00 e. The molecule has 0 atom stereocenters. The van der Waals surface area contributed by atoms with Crippen LogP contribution in [0.5, 0.6) is 0 Å². The Balaban J connectivity index is 0.000000407. The molecule has 0 saturated heterocycles. The molecule has 8 rings (SSSR count). The van der Waals surface area contributed by atoms with Crippen molar-refractivity contribution in [1.82, 2.24) is 0 Å². The standard InChI is InChI=1S/C44H32P2.12FH.Pd.2Sb/c1-5-19-35(20-6-1)45(36-21-7-2-8-22-36)41-31-29-33-17-13-15-27-39(33)43(41)44-40-28-16-14-18-34(40)30-32-42(44)46(37-23-9-3-10-24-37)38-25-11-4-12-26-38;;;;;;;;;;;;;;;/h1-32H;12*1H;;;/q;;;;;;;;;;;;;+2;2*+5/p-12. The molecule has 0 nitrogen and oxygen atoms in total. The van der Waals surface area contributed by atoms with E-state index in [1.807, 2.05) is 0 Å². The molecule has 0 amide bonds. The van der Waals surface area contributed by atoms with Crippen LogP contribution in [-0.4, -0.2) is 39.0 Å². The predicted octanol–water partition coefficient (Wildman–Crippen LogP) is 13.5. The van der Waals surface area contributed by atoms with Crippen LogP contribution in [0.1, 0.15) is 0 Å². The summed E-state index contributed by atoms with van der Waals surface area (Å²) in [5, 5.41) is 13.3. The molecular weight excluding hydrogens is 1170 g/mol. The average Bonchev–Trinajstić information content (AvgIpc) is 3.17. The minimum atomic E-state index is -11.2. The zero-order chi connectivity index (χ0) is 43.5. The van der Waals surface area contributed by atoms with Crippen molar-refractivity contribution in [1.29, 1.82) is 0 Å². The largest absolute Gasteiger partial charge is 2.00 e. The van der Waals surface area contributed by atoms with Gasteiger partial charge in [0.2, 0.25) is 0 Å². The van der Waals surface area contributed by atoms with Crippen molar-refractivity contribution in [3.63, 3.8) is 0 Å². The first-order chi connectivity index (χ1) is 27.8. The van der Waals surface area contributed by atoms with Crippen LogP contribution in [0.15, 0.2) is 194 Å². The third-order valence-electron chi connectivity index (χ3n) is 8.60. The molecule has 0 spiro atoms. The normalized spacial score (nSPS) is 13.9. The molecule has 0 unspecified atom stereocenters. The molecule has 0 aliphatic heterocycles. The van der Waals surface area contributed by atoms with Crippen molar-refractivity contribution >= 4 is 108 Å². The van der Waals surface area contributed by atoms with E-state index in [1.54, 1.807) is 0 Å². The van der Waals surface area contributed by atoms with E-state index in [9.17, 15) is 33.8 Å². The van der Waals surface area contributed by atoms with E-state index in [1.165, 1.54) is 64.5 Å². The van der Waals surface area contributed by atoms with Crippen LogP contribution in [0.2, 0.25) is 0 Å². The third kappa shape index (κ3) is 15.4. The number of hydrogen-bond acceptors (Lipinski definition) is 0. The minimum absolute atomic E-state index is 0. The number of fused-ring (bicyclic) bond motifs is 2. The molecule has 61 heavy (non-hydrogen) atoms. The maximum absolute atomic E-state index is 11.2. The first-order valence-corrected chi connectivity index (χ1v) is 32.0. The van der Waals surface area contributed by atoms with Crippen LogP contribution in [-0.2, 0) is 20.4 Å². The molecule has 8 aromatic rings. The van der Waals surface area contributed by atoms with Gasteiger partial charge in [0.25, 0.3) is 0 Å². The van der Waals surface area contributed by atoms with Crippen LogP contribution in [0.4, 0.5) is 33.8 Å². The van der Waals surface area contributed by atoms with Gasteiger partial charge in [-0.25, -0.2) is 0 Å². The van der Waals surface area contributed by atoms with Gasteiger partial charge in [-0.15, -0.1) is 0 Å². The van der Waals surface area contributed by atoms with E-state index in [2.05, 4.69) is 194 Å². The van der Waals surface area contributed by atoms with Crippen LogP contribution >= 0.6 is 15.8 Å². The first kappa shape index (κ1) is 48.6. The maximum atomic E-state index is 9.93. The summed E-state index contributed by atoms with van der Waals surface area (Å²) in [4.78, 5) is 0. The second kappa shape index (κ2) is 17.3. The Labute approximate surface area is 364 Å². The van der Waals surface area contributed by atoms with Gasteiger partial charge >= 0.3 is 93.1 Å². The van der Waals surface area contributed by atoms with Gasteiger partial charge in [-0.2, -0.15) is 0 Å². The molecule has 322 valence electrons. The average molecular weight is 1200 g/mol. The second-order valence-electron chi connectivity index (χ2n) is 13.3. The molecule has 0 heterocycles. The zero-order valence-corrected chi connectivity index (χ0v) is 39.6. The smallest absolute Gasteiger partial charge is 0.0622 e. The third-order valence-corrected chi connectivity index (χ3v) is 13.6. The number of hydrogen-bond donors (Lipinski definition) is 0. The minimum Gasteiger partial charge on any atom is -0.0622 e. The Morgan fingerprint density at radius 2 is 0.475 bits per heavy atom. The van der Waals surface area contributed by atoms with Gasteiger partial charge in [0.15, 0.2) is 0 Å². The van der Waals surface area contributed by atoms with E-state index in [4.69, 9.17) is 0 Å². The van der Waals surface area contributed by atoms with Gasteiger partial charge in [-0.05, 0) is 80.3 Å². The van der Waals surface area contributed by atoms with Gasteiger partial charge in [-0.3, -0.25) is 0 Å². The Bertz CT molecular complexity index is 2450. The van der Waals surface area contributed by atoms with Crippen LogP contribution < -0.4 is 31.8 Å². The topological polar surface area (TPSA) is 0 Å². The molecule has 0 aliphatic carbocycles. The van der Waals surface area contributed by atoms with E-state index in [0.29, 0.717) is 0 Å². The van der Waals surface area contributed by atoms with Crippen molar-refractivity contribution in [3.05, 3.63) is 194 Å². The van der Waals surface area contributed by atoms with Gasteiger partial charge in [0.05, 0.1) is 0 Å². The summed E-state index contributed by atoms with van der Waals surface area (Å²) in [5.41, 5.74) is 2.70. The quantitative estimate of drug-likeness (QED) is 0.0848. The van der Waals surface area contributed by atoms with E-state index < -0.39 is 54.8 Å². The molecule has 0 saturated carbocycles. The molecule has 0 radical (unpaired) electrons. The summed E-state index contributed by atoms with van der Waals surface area (Å²) in [7, 11) is -1.70. The summed E-state index contributed by atoms with van der Waals surface area (Å²) < 4.78 is 119. The molecule has 0 bridgehead atoms. The van der Waals surface area contributed by atoms with Crippen LogP contribution in [0.3, 0.4) is 0 Å². The van der Waals surface area contributed by atoms with E-state index >= 15 is 0 Å². The van der Waals surface area contributed by atoms with Crippen molar-refractivity contribution in [2.75, 3.05) is 0 Å². The Morgan fingerprint density at radius 1 is 0.262 bits per heavy atom. The van der Waals surface area contributed by atoms with Crippen molar-refractivity contribution in [3.8, 4) is 11.1 Å². The van der Waals surface area contributed by atoms with Crippen molar-refractivity contribution < 1.29 is 54.2 Å². The fourth-order valence-corrected chi connectivity index (χ4v) is 11.5. The first-order valence-electron chi connectivity index (χ1n) is 17.7.